The molecule has 3 aromatic heterocycles. The number of hydrogen-bond donors (Lipinski definition) is 0. The summed E-state index contributed by atoms with van der Waals surface area (Å²) in [6, 6.07) is 54.7. The average Bonchev–Trinajstić information content (AvgIpc) is 3.81. The molecular weight excluding hydrogens is 639 g/mol. The molecule has 0 spiro atoms. The summed E-state index contributed by atoms with van der Waals surface area (Å²) in [5, 5.41) is 7.25. The van der Waals surface area contributed by atoms with E-state index in [4.69, 9.17) is 9.97 Å². The Kier molecular flexibility index (Phi) is 5.89. The summed E-state index contributed by atoms with van der Waals surface area (Å²) in [4.78, 5) is 12.2. The van der Waals surface area contributed by atoms with Gasteiger partial charge in [0.2, 0.25) is 5.95 Å². The largest absolute Gasteiger partial charge is 0.276 e. The summed E-state index contributed by atoms with van der Waals surface area (Å²) >= 11 is 1.91. The summed E-state index contributed by atoms with van der Waals surface area (Å²) < 4.78 is 3.63. The van der Waals surface area contributed by atoms with Gasteiger partial charge in [0.25, 0.3) is 0 Å². The fraction of sp³-hybridized carbons (Fsp3) is 0.0638. The van der Waals surface area contributed by atoms with E-state index in [1.165, 1.54) is 69.8 Å². The van der Waals surface area contributed by atoms with Crippen LogP contribution in [-0.4, -0.2) is 14.5 Å². The van der Waals surface area contributed by atoms with Gasteiger partial charge in [-0.25, -0.2) is 9.97 Å². The second-order valence-electron chi connectivity index (χ2n) is 14.2. The van der Waals surface area contributed by atoms with Crippen molar-refractivity contribution in [2.24, 2.45) is 0 Å². The molecule has 10 aromatic rings. The highest BCUT2D eigenvalue weighted by molar-refractivity contribution is 7.23. The first-order valence-corrected chi connectivity index (χ1v) is 18.3. The van der Waals surface area contributed by atoms with Crippen LogP contribution in [0.15, 0.2) is 152 Å². The molecule has 0 saturated heterocycles. The Hall–Kier alpha value is -6.10. The molecule has 240 valence electrons. The molecule has 0 N–H and O–H groups in total. The minimum Gasteiger partial charge on any atom is -0.276 e. The second-order valence-corrected chi connectivity index (χ2v) is 15.2. The molecule has 11 rings (SSSR count). The molecule has 0 radical (unpaired) electrons. The zero-order valence-electron chi connectivity index (χ0n) is 28.2. The molecule has 0 amide bonds. The van der Waals surface area contributed by atoms with E-state index in [2.05, 4.69) is 170 Å². The number of thiophene rings is 1. The number of benzene rings is 7. The van der Waals surface area contributed by atoms with Gasteiger partial charge in [0.05, 0.1) is 26.9 Å². The van der Waals surface area contributed by atoms with Gasteiger partial charge in [-0.3, -0.25) is 4.57 Å². The molecule has 4 heteroatoms. The summed E-state index contributed by atoms with van der Waals surface area (Å²) in [5.41, 5.74) is 11.6. The van der Waals surface area contributed by atoms with E-state index < -0.39 is 0 Å². The lowest BCUT2D eigenvalue weighted by atomic mass is 9.81. The van der Waals surface area contributed by atoms with Crippen LogP contribution in [0.1, 0.15) is 25.0 Å². The van der Waals surface area contributed by atoms with E-state index in [1.807, 2.05) is 11.3 Å². The molecule has 0 unspecified atom stereocenters. The van der Waals surface area contributed by atoms with Crippen LogP contribution < -0.4 is 0 Å². The van der Waals surface area contributed by atoms with Crippen LogP contribution in [0, 0.1) is 0 Å². The van der Waals surface area contributed by atoms with Gasteiger partial charge < -0.3 is 0 Å². The predicted octanol–water partition coefficient (Wildman–Crippen LogP) is 12.7. The molecule has 0 bridgehead atoms. The molecule has 0 atom stereocenters. The van der Waals surface area contributed by atoms with E-state index in [0.717, 1.165) is 27.7 Å². The van der Waals surface area contributed by atoms with Crippen molar-refractivity contribution in [2.75, 3.05) is 0 Å². The summed E-state index contributed by atoms with van der Waals surface area (Å²) in [5.74, 6) is 0.684. The van der Waals surface area contributed by atoms with Crippen molar-refractivity contribution >= 4 is 64.9 Å². The molecule has 51 heavy (non-hydrogen) atoms. The maximum Gasteiger partial charge on any atom is 0.235 e. The summed E-state index contributed by atoms with van der Waals surface area (Å²) in [7, 11) is 0. The Balaban J connectivity index is 1.27. The topological polar surface area (TPSA) is 30.7 Å². The van der Waals surface area contributed by atoms with Crippen LogP contribution in [0.4, 0.5) is 0 Å². The van der Waals surface area contributed by atoms with Gasteiger partial charge in [-0.2, -0.15) is 0 Å². The monoisotopic (exact) mass is 669 g/mol. The van der Waals surface area contributed by atoms with Gasteiger partial charge in [-0.05, 0) is 62.2 Å². The zero-order valence-corrected chi connectivity index (χ0v) is 29.0. The van der Waals surface area contributed by atoms with Crippen LogP contribution >= 0.6 is 11.3 Å². The normalized spacial score (nSPS) is 13.5. The Bertz CT molecular complexity index is 3060. The van der Waals surface area contributed by atoms with Crippen LogP contribution in [0.2, 0.25) is 0 Å². The number of nitrogens with zero attached hydrogens (tertiary/aromatic N) is 3. The predicted molar refractivity (Wildman–Crippen MR) is 215 cm³/mol. The van der Waals surface area contributed by atoms with E-state index in [1.54, 1.807) is 0 Å². The standard InChI is InChI=1S/C47H31N3S/c1-47(2)38-18-10-8-16-35(38)44-41(47)37-25-24-34-33-23-22-32(31-21-20-28-12-6-7-15-30(28)26-31)27-40(33)50(43(34)45(37)51-44)46-48-39-19-11-9-17-36(39)42(49-46)29-13-4-3-5-14-29/h3-27H,1-2H3. The van der Waals surface area contributed by atoms with E-state index in [0.29, 0.717) is 5.95 Å². The molecule has 0 saturated carbocycles. The second kappa shape index (κ2) is 10.5. The third-order valence-corrected chi connectivity index (χ3v) is 12.2. The summed E-state index contributed by atoms with van der Waals surface area (Å²) in [6.07, 6.45) is 0. The number of fused-ring (bicyclic) bond motifs is 11. The van der Waals surface area contributed by atoms with Gasteiger partial charge in [0.15, 0.2) is 0 Å². The Morgan fingerprint density at radius 3 is 2.16 bits per heavy atom. The van der Waals surface area contributed by atoms with E-state index in [9.17, 15) is 0 Å². The Morgan fingerprint density at radius 2 is 1.25 bits per heavy atom. The molecule has 0 aliphatic heterocycles. The lowest BCUT2D eigenvalue weighted by Crippen LogP contribution is -2.14. The van der Waals surface area contributed by atoms with Gasteiger partial charge >= 0.3 is 0 Å². The van der Waals surface area contributed by atoms with Crippen molar-refractivity contribution in [3.63, 3.8) is 0 Å². The van der Waals surface area contributed by atoms with Gasteiger partial charge in [0.1, 0.15) is 0 Å². The first-order chi connectivity index (χ1) is 25.0. The molecule has 3 heterocycles. The molecule has 0 fully saturated rings. The third-order valence-electron chi connectivity index (χ3n) is 11.0. The first kappa shape index (κ1) is 28.7. The highest BCUT2D eigenvalue weighted by Gasteiger charge is 2.39. The highest BCUT2D eigenvalue weighted by atomic mass is 32.1. The van der Waals surface area contributed by atoms with Crippen molar-refractivity contribution in [3.8, 4) is 38.8 Å². The van der Waals surface area contributed by atoms with Crippen LogP contribution in [0.5, 0.6) is 0 Å². The van der Waals surface area contributed by atoms with Crippen LogP contribution in [-0.2, 0) is 5.41 Å². The van der Waals surface area contributed by atoms with Crippen molar-refractivity contribution in [1.29, 1.82) is 0 Å². The number of rotatable bonds is 3. The molecular formula is C47H31N3S. The van der Waals surface area contributed by atoms with Crippen molar-refractivity contribution in [2.45, 2.75) is 19.3 Å². The maximum atomic E-state index is 5.45. The molecule has 1 aliphatic carbocycles. The fourth-order valence-electron chi connectivity index (χ4n) is 8.56. The number of para-hydroxylation sites is 1. The number of hydrogen-bond acceptors (Lipinski definition) is 3. The fourth-order valence-corrected chi connectivity index (χ4v) is 10.1. The van der Waals surface area contributed by atoms with Crippen molar-refractivity contribution in [3.05, 3.63) is 163 Å². The highest BCUT2D eigenvalue weighted by Crippen LogP contribution is 2.56. The maximum absolute atomic E-state index is 5.45. The zero-order chi connectivity index (χ0) is 33.8. The third kappa shape index (κ3) is 4.05. The lowest BCUT2D eigenvalue weighted by Gasteiger charge is -2.21. The Labute approximate surface area is 299 Å². The quantitative estimate of drug-likeness (QED) is 0.187. The van der Waals surface area contributed by atoms with Gasteiger partial charge in [-0.1, -0.05) is 147 Å². The van der Waals surface area contributed by atoms with E-state index in [-0.39, 0.29) is 5.41 Å². The smallest absolute Gasteiger partial charge is 0.235 e. The van der Waals surface area contributed by atoms with Gasteiger partial charge in [0, 0.05) is 32.0 Å². The first-order valence-electron chi connectivity index (χ1n) is 17.5. The van der Waals surface area contributed by atoms with Crippen LogP contribution in [0.3, 0.4) is 0 Å². The minimum absolute atomic E-state index is 0.0993. The van der Waals surface area contributed by atoms with E-state index >= 15 is 0 Å². The average molecular weight is 670 g/mol. The van der Waals surface area contributed by atoms with Crippen molar-refractivity contribution in [1.82, 2.24) is 14.5 Å². The Morgan fingerprint density at radius 1 is 0.549 bits per heavy atom. The molecule has 7 aromatic carbocycles. The molecule has 3 nitrogen and oxygen atoms in total. The van der Waals surface area contributed by atoms with Crippen LogP contribution in [0.25, 0.3) is 92.3 Å². The number of aromatic nitrogens is 3. The van der Waals surface area contributed by atoms with Crippen molar-refractivity contribution < 1.29 is 0 Å². The van der Waals surface area contributed by atoms with Gasteiger partial charge in [-0.15, -0.1) is 11.3 Å². The minimum atomic E-state index is -0.0993. The SMILES string of the molecule is CC1(C)c2ccccc2-c2sc3c(ccc4c5ccc(-c6ccc7ccccc7c6)cc5n(-c5nc(-c6ccccc6)c6ccccc6n5)c43)c21. The molecule has 1 aliphatic rings. The summed E-state index contributed by atoms with van der Waals surface area (Å²) in [6.45, 7) is 4.75. The lowest BCUT2D eigenvalue weighted by molar-refractivity contribution is 0.667.